The quantitative estimate of drug-likeness (QED) is 0.403. The van der Waals surface area contributed by atoms with Gasteiger partial charge in [0.05, 0.1) is 0 Å². The number of imidazole rings is 1. The van der Waals surface area contributed by atoms with Crippen LogP contribution in [0.5, 0.6) is 11.5 Å². The molecule has 0 radical (unpaired) electrons. The maximum absolute atomic E-state index is 12.1. The van der Waals surface area contributed by atoms with Crippen molar-refractivity contribution in [1.82, 2.24) is 24.4 Å². The van der Waals surface area contributed by atoms with Crippen molar-refractivity contribution >= 4 is 57.2 Å². The molecule has 12 heteroatoms. The molecule has 0 spiro atoms. The Bertz CT molecular complexity index is 1240. The number of nitrogens with two attached hydrogens (primary N) is 1. The van der Waals surface area contributed by atoms with Gasteiger partial charge in [-0.15, -0.1) is 0 Å². The average molecular weight is 614 g/mol. The Labute approximate surface area is 220 Å². The van der Waals surface area contributed by atoms with E-state index in [4.69, 9.17) is 20.2 Å². The Morgan fingerprint density at radius 3 is 2.69 bits per heavy atom. The molecular weight excluding hydrogens is 587 g/mol. The van der Waals surface area contributed by atoms with Gasteiger partial charge in [0, 0.05) is 28.1 Å². The number of rotatable bonds is 6. The molecule has 1 aromatic carbocycles. The summed E-state index contributed by atoms with van der Waals surface area (Å²) in [5, 5.41) is 10.4. The van der Waals surface area contributed by atoms with Crippen LogP contribution in [0.1, 0.15) is 26.2 Å². The Kier molecular flexibility index (Phi) is 7.21. The van der Waals surface area contributed by atoms with E-state index in [1.54, 1.807) is 16.7 Å². The molecular formula is C23H27IN6O4S. The zero-order valence-corrected chi connectivity index (χ0v) is 22.3. The summed E-state index contributed by atoms with van der Waals surface area (Å²) in [6.45, 7) is 4.68. The second kappa shape index (κ2) is 10.3. The van der Waals surface area contributed by atoms with E-state index in [2.05, 4.69) is 37.1 Å². The van der Waals surface area contributed by atoms with E-state index in [1.165, 1.54) is 13.3 Å². The Morgan fingerprint density at radius 1 is 1.26 bits per heavy atom. The van der Waals surface area contributed by atoms with Gasteiger partial charge in [0.1, 0.15) is 25.6 Å². The van der Waals surface area contributed by atoms with Crippen molar-refractivity contribution in [2.24, 2.45) is 5.92 Å². The number of aryl methyl sites for hydroxylation is 1. The summed E-state index contributed by atoms with van der Waals surface area (Å²) in [5.74, 6) is 2.13. The first kappa shape index (κ1) is 24.4. The minimum absolute atomic E-state index is 0.191. The number of aliphatic hydroxyl groups is 1. The Hall–Kier alpha value is -2.32. The monoisotopic (exact) mass is 614 g/mol. The van der Waals surface area contributed by atoms with Crippen molar-refractivity contribution in [2.75, 3.05) is 32.0 Å². The fourth-order valence-corrected chi connectivity index (χ4v) is 6.17. The van der Waals surface area contributed by atoms with Gasteiger partial charge in [-0.3, -0.25) is 4.79 Å². The number of nitrogen functional groups attached to an aromatic ring is 1. The third kappa shape index (κ3) is 5.14. The highest BCUT2D eigenvalue weighted by Crippen LogP contribution is 2.41. The van der Waals surface area contributed by atoms with E-state index >= 15 is 0 Å². The molecule has 0 saturated carbocycles. The summed E-state index contributed by atoms with van der Waals surface area (Å²) in [5.41, 5.74) is 7.44. The maximum atomic E-state index is 12.1. The maximum Gasteiger partial charge on any atom is 0.251 e. The molecule has 0 bridgehead atoms. The van der Waals surface area contributed by atoms with Crippen LogP contribution in [0.15, 0.2) is 28.5 Å². The SMILES string of the molecule is C[C@H](O)C(=O)N1CCC(CCn2c(Sc3cc4c(cc3[131I])OCCO4)nc3c(N)ncnc32)CC1. The molecule has 0 unspecified atom stereocenters. The molecule has 4 heterocycles. The third-order valence-corrected chi connectivity index (χ3v) is 8.68. The van der Waals surface area contributed by atoms with Crippen molar-refractivity contribution in [3.63, 3.8) is 0 Å². The number of fused-ring (bicyclic) bond motifs is 2. The zero-order valence-electron chi connectivity index (χ0n) is 19.3. The lowest BCUT2D eigenvalue weighted by atomic mass is 9.93. The minimum Gasteiger partial charge on any atom is -0.486 e. The Balaban J connectivity index is 1.36. The lowest BCUT2D eigenvalue weighted by Crippen LogP contribution is -2.43. The fraction of sp³-hybridized carbons (Fsp3) is 0.478. The van der Waals surface area contributed by atoms with E-state index in [1.807, 2.05) is 12.1 Å². The van der Waals surface area contributed by atoms with Gasteiger partial charge in [-0.25, -0.2) is 15.0 Å². The van der Waals surface area contributed by atoms with Crippen LogP contribution >= 0.6 is 34.4 Å². The van der Waals surface area contributed by atoms with Crippen molar-refractivity contribution in [3.8, 4) is 11.5 Å². The van der Waals surface area contributed by atoms with Crippen molar-refractivity contribution in [1.29, 1.82) is 0 Å². The Morgan fingerprint density at radius 2 is 1.97 bits per heavy atom. The number of hydrogen-bond acceptors (Lipinski definition) is 9. The number of amides is 1. The summed E-state index contributed by atoms with van der Waals surface area (Å²) in [6.07, 6.45) is 3.27. The van der Waals surface area contributed by atoms with Crippen molar-refractivity contribution < 1.29 is 19.4 Å². The second-order valence-corrected chi connectivity index (χ2v) is 10.9. The molecule has 2 aliphatic rings. The predicted octanol–water partition coefficient (Wildman–Crippen LogP) is 2.95. The van der Waals surface area contributed by atoms with E-state index in [0.29, 0.717) is 49.2 Å². The first-order valence-corrected chi connectivity index (χ1v) is 13.5. The molecule has 1 atom stereocenters. The van der Waals surface area contributed by atoms with E-state index in [-0.39, 0.29) is 5.91 Å². The molecule has 1 saturated heterocycles. The summed E-state index contributed by atoms with van der Waals surface area (Å²) < 4.78 is 14.6. The lowest BCUT2D eigenvalue weighted by Gasteiger charge is -2.32. The molecule has 2 aromatic heterocycles. The minimum atomic E-state index is -0.947. The van der Waals surface area contributed by atoms with Crippen LogP contribution in [0.25, 0.3) is 11.2 Å². The van der Waals surface area contributed by atoms with Gasteiger partial charge in [-0.2, -0.15) is 0 Å². The topological polar surface area (TPSA) is 129 Å². The number of piperidine rings is 1. The molecule has 3 aromatic rings. The molecule has 2 aliphatic heterocycles. The van der Waals surface area contributed by atoms with Gasteiger partial charge in [0.15, 0.2) is 33.6 Å². The molecule has 35 heavy (non-hydrogen) atoms. The van der Waals surface area contributed by atoms with Crippen LogP contribution in [-0.4, -0.2) is 67.8 Å². The van der Waals surface area contributed by atoms with E-state index in [0.717, 1.165) is 50.9 Å². The third-order valence-electron chi connectivity index (χ3n) is 6.37. The van der Waals surface area contributed by atoms with Gasteiger partial charge < -0.3 is 29.8 Å². The van der Waals surface area contributed by atoms with Gasteiger partial charge in [0.25, 0.3) is 5.91 Å². The first-order chi connectivity index (χ1) is 16.9. The number of ether oxygens (including phenoxy) is 2. The van der Waals surface area contributed by atoms with Crippen molar-refractivity contribution in [2.45, 2.75) is 48.9 Å². The molecule has 3 N–H and O–H groups in total. The van der Waals surface area contributed by atoms with Crippen LogP contribution < -0.4 is 15.2 Å². The normalized spacial score (nSPS) is 17.1. The molecule has 1 fully saturated rings. The summed E-state index contributed by atoms with van der Waals surface area (Å²) in [4.78, 5) is 28.3. The number of carbonyl (C=O) groups excluding carboxylic acids is 1. The molecule has 1 amide bonds. The van der Waals surface area contributed by atoms with Gasteiger partial charge in [-0.05, 0) is 66.8 Å². The number of nitrogens with zero attached hydrogens (tertiary/aromatic N) is 5. The standard InChI is InChI=1S/C23H27IN6O4S/c1-13(31)22(32)29-5-2-14(3-6-29)4-7-30-21-19(20(25)26-12-27-21)28-23(30)35-18-11-17-16(10-15(18)24)33-8-9-34-17/h10-14,31H,2-9H2,1H3,(H2,25,26,27)/t13-/m0/s1/i24+4. The lowest BCUT2D eigenvalue weighted by molar-refractivity contribution is -0.140. The predicted molar refractivity (Wildman–Crippen MR) is 140 cm³/mol. The van der Waals surface area contributed by atoms with Gasteiger partial charge in [0.2, 0.25) is 0 Å². The molecule has 186 valence electrons. The van der Waals surface area contributed by atoms with Gasteiger partial charge >= 0.3 is 0 Å². The van der Waals surface area contributed by atoms with Crippen LogP contribution in [0, 0.1) is 9.49 Å². The number of carbonyl (C=O) groups is 1. The second-order valence-electron chi connectivity index (χ2n) is 8.74. The summed E-state index contributed by atoms with van der Waals surface area (Å²) in [6, 6.07) is 3.98. The van der Waals surface area contributed by atoms with Crippen molar-refractivity contribution in [3.05, 3.63) is 22.0 Å². The number of anilines is 1. The fourth-order valence-electron chi connectivity index (χ4n) is 4.45. The highest BCUT2D eigenvalue weighted by Gasteiger charge is 2.26. The van der Waals surface area contributed by atoms with Crippen LogP contribution in [0.3, 0.4) is 0 Å². The smallest absolute Gasteiger partial charge is 0.251 e. The van der Waals surface area contributed by atoms with E-state index < -0.39 is 6.10 Å². The number of aromatic nitrogens is 4. The number of halogens is 1. The van der Waals surface area contributed by atoms with Crippen LogP contribution in [-0.2, 0) is 11.3 Å². The number of hydrogen-bond donors (Lipinski definition) is 2. The summed E-state index contributed by atoms with van der Waals surface area (Å²) in [7, 11) is 0. The van der Waals surface area contributed by atoms with Crippen LogP contribution in [0.4, 0.5) is 5.82 Å². The van der Waals surface area contributed by atoms with Gasteiger partial charge in [-0.1, -0.05) is 11.8 Å². The highest BCUT2D eigenvalue weighted by atomic mass is 131. The molecule has 10 nitrogen and oxygen atoms in total. The number of likely N-dealkylation sites (tertiary alicyclic amines) is 1. The highest BCUT2D eigenvalue weighted by molar-refractivity contribution is 14.1. The number of benzene rings is 1. The largest absolute Gasteiger partial charge is 0.486 e. The zero-order chi connectivity index (χ0) is 24.5. The summed E-state index contributed by atoms with van der Waals surface area (Å²) >= 11 is 3.85. The molecule has 0 aliphatic carbocycles. The first-order valence-electron chi connectivity index (χ1n) is 11.6. The average Bonchev–Trinajstić information content (AvgIpc) is 3.21. The van der Waals surface area contributed by atoms with Crippen LogP contribution in [0.2, 0.25) is 0 Å². The van der Waals surface area contributed by atoms with E-state index in [9.17, 15) is 9.90 Å². The molecule has 5 rings (SSSR count). The number of aliphatic hydroxyl groups excluding tert-OH is 1.